The molecule has 0 saturated carbocycles. The first-order chi connectivity index (χ1) is 10.2. The Morgan fingerprint density at radius 1 is 1.43 bits per heavy atom. The van der Waals surface area contributed by atoms with Gasteiger partial charge in [-0.25, -0.2) is 0 Å². The molecule has 1 unspecified atom stereocenters. The standard InChI is InChI=1S/C16H16ClN3S/c17-15-8-13(4-3-12(15)10-18)20-16(5-6-19-11-16)9-14-2-1-7-21-14/h1-4,7-8,19-20H,5-6,9,11H2. The molecule has 0 radical (unpaired) electrons. The van der Waals surface area contributed by atoms with Crippen LogP contribution in [0.15, 0.2) is 35.7 Å². The van der Waals surface area contributed by atoms with Crippen molar-refractivity contribution in [2.75, 3.05) is 18.4 Å². The summed E-state index contributed by atoms with van der Waals surface area (Å²) in [5.74, 6) is 0. The number of hydrogen-bond acceptors (Lipinski definition) is 4. The maximum atomic E-state index is 8.95. The Morgan fingerprint density at radius 2 is 2.33 bits per heavy atom. The van der Waals surface area contributed by atoms with Gasteiger partial charge in [-0.05, 0) is 42.6 Å². The van der Waals surface area contributed by atoms with Crippen LogP contribution in [0.1, 0.15) is 16.9 Å². The molecular formula is C16H16ClN3S. The minimum Gasteiger partial charge on any atom is -0.378 e. The van der Waals surface area contributed by atoms with Crippen molar-refractivity contribution < 1.29 is 0 Å². The minimum atomic E-state index is 0.0162. The molecule has 1 aromatic heterocycles. The summed E-state index contributed by atoms with van der Waals surface area (Å²) in [6.07, 6.45) is 2.07. The van der Waals surface area contributed by atoms with Gasteiger partial charge in [-0.15, -0.1) is 11.3 Å². The summed E-state index contributed by atoms with van der Waals surface area (Å²) in [5.41, 5.74) is 1.50. The van der Waals surface area contributed by atoms with E-state index in [1.165, 1.54) is 4.88 Å². The first-order valence-electron chi connectivity index (χ1n) is 6.92. The SMILES string of the molecule is N#Cc1ccc(NC2(Cc3cccs3)CCNC2)cc1Cl. The van der Waals surface area contributed by atoms with Gasteiger partial charge >= 0.3 is 0 Å². The van der Waals surface area contributed by atoms with Crippen molar-refractivity contribution >= 4 is 28.6 Å². The van der Waals surface area contributed by atoms with Crippen molar-refractivity contribution in [3.05, 3.63) is 51.2 Å². The van der Waals surface area contributed by atoms with E-state index in [1.54, 1.807) is 17.4 Å². The molecule has 1 atom stereocenters. The predicted octanol–water partition coefficient (Wildman–Crippen LogP) is 3.66. The van der Waals surface area contributed by atoms with Crippen molar-refractivity contribution in [3.8, 4) is 6.07 Å². The number of halogens is 1. The van der Waals surface area contributed by atoms with Crippen molar-refractivity contribution in [1.82, 2.24) is 5.32 Å². The highest BCUT2D eigenvalue weighted by Crippen LogP contribution is 2.29. The highest BCUT2D eigenvalue weighted by atomic mass is 35.5. The molecule has 108 valence electrons. The van der Waals surface area contributed by atoms with E-state index in [0.717, 1.165) is 31.6 Å². The third kappa shape index (κ3) is 3.21. The summed E-state index contributed by atoms with van der Waals surface area (Å²) in [5, 5.41) is 18.6. The Hall–Kier alpha value is -1.54. The highest BCUT2D eigenvalue weighted by molar-refractivity contribution is 7.09. The molecule has 1 saturated heterocycles. The maximum Gasteiger partial charge on any atom is 0.101 e. The molecule has 0 spiro atoms. The van der Waals surface area contributed by atoms with Crippen LogP contribution in [0.25, 0.3) is 0 Å². The molecule has 2 N–H and O–H groups in total. The molecule has 1 fully saturated rings. The summed E-state index contributed by atoms with van der Waals surface area (Å²) < 4.78 is 0. The van der Waals surface area contributed by atoms with E-state index < -0.39 is 0 Å². The molecule has 2 aromatic rings. The molecule has 0 bridgehead atoms. The lowest BCUT2D eigenvalue weighted by atomic mass is 9.92. The van der Waals surface area contributed by atoms with Crippen LogP contribution in [0.5, 0.6) is 0 Å². The van der Waals surface area contributed by atoms with Crippen LogP contribution < -0.4 is 10.6 Å². The van der Waals surface area contributed by atoms with E-state index in [4.69, 9.17) is 16.9 Å². The first kappa shape index (κ1) is 14.4. The van der Waals surface area contributed by atoms with Gasteiger partial charge in [0.1, 0.15) is 6.07 Å². The van der Waals surface area contributed by atoms with Gasteiger partial charge in [0.05, 0.1) is 16.1 Å². The summed E-state index contributed by atoms with van der Waals surface area (Å²) in [6.45, 7) is 1.95. The van der Waals surface area contributed by atoms with Gasteiger partial charge in [-0.3, -0.25) is 0 Å². The van der Waals surface area contributed by atoms with Crippen molar-refractivity contribution in [2.45, 2.75) is 18.4 Å². The first-order valence-corrected chi connectivity index (χ1v) is 8.17. The normalized spacial score (nSPS) is 21.1. The average molecular weight is 318 g/mol. The van der Waals surface area contributed by atoms with Gasteiger partial charge in [-0.2, -0.15) is 5.26 Å². The summed E-state index contributed by atoms with van der Waals surface area (Å²) in [7, 11) is 0. The topological polar surface area (TPSA) is 47.9 Å². The van der Waals surface area contributed by atoms with E-state index >= 15 is 0 Å². The zero-order valence-corrected chi connectivity index (χ0v) is 13.1. The van der Waals surface area contributed by atoms with Crippen molar-refractivity contribution in [1.29, 1.82) is 5.26 Å². The molecule has 1 aliphatic heterocycles. The Labute approximate surface area is 133 Å². The fraction of sp³-hybridized carbons (Fsp3) is 0.312. The zero-order valence-electron chi connectivity index (χ0n) is 11.5. The minimum absolute atomic E-state index is 0.0162. The van der Waals surface area contributed by atoms with Crippen LogP contribution in [-0.2, 0) is 6.42 Å². The van der Waals surface area contributed by atoms with E-state index in [2.05, 4.69) is 34.2 Å². The molecule has 2 heterocycles. The number of thiophene rings is 1. The number of anilines is 1. The number of rotatable bonds is 4. The maximum absolute atomic E-state index is 8.95. The van der Waals surface area contributed by atoms with E-state index in [0.29, 0.717) is 10.6 Å². The van der Waals surface area contributed by atoms with E-state index in [1.807, 2.05) is 12.1 Å². The number of hydrogen-bond donors (Lipinski definition) is 2. The van der Waals surface area contributed by atoms with E-state index in [9.17, 15) is 0 Å². The van der Waals surface area contributed by atoms with Crippen LogP contribution >= 0.6 is 22.9 Å². The monoisotopic (exact) mass is 317 g/mol. The van der Waals surface area contributed by atoms with Gasteiger partial charge in [0.2, 0.25) is 0 Å². The second-order valence-electron chi connectivity index (χ2n) is 5.39. The number of nitriles is 1. The molecule has 1 aromatic carbocycles. The molecule has 5 heteroatoms. The van der Waals surface area contributed by atoms with Gasteiger partial charge in [-0.1, -0.05) is 17.7 Å². The number of benzene rings is 1. The van der Waals surface area contributed by atoms with Crippen LogP contribution in [0.4, 0.5) is 5.69 Å². The quantitative estimate of drug-likeness (QED) is 0.904. The second kappa shape index (κ2) is 6.07. The molecule has 21 heavy (non-hydrogen) atoms. The third-order valence-electron chi connectivity index (χ3n) is 3.84. The Balaban J connectivity index is 1.82. The van der Waals surface area contributed by atoms with E-state index in [-0.39, 0.29) is 5.54 Å². The van der Waals surface area contributed by atoms with Crippen LogP contribution in [0.2, 0.25) is 5.02 Å². The van der Waals surface area contributed by atoms with Gasteiger partial charge in [0, 0.05) is 23.5 Å². The number of nitrogens with zero attached hydrogens (tertiary/aromatic N) is 1. The smallest absolute Gasteiger partial charge is 0.101 e. The lowest BCUT2D eigenvalue weighted by Crippen LogP contribution is -2.42. The second-order valence-corrected chi connectivity index (χ2v) is 6.83. The lowest BCUT2D eigenvalue weighted by Gasteiger charge is -2.30. The van der Waals surface area contributed by atoms with Gasteiger partial charge in [0.15, 0.2) is 0 Å². The Morgan fingerprint density at radius 3 is 2.95 bits per heavy atom. The fourth-order valence-electron chi connectivity index (χ4n) is 2.78. The molecule has 1 aliphatic rings. The number of nitrogens with one attached hydrogen (secondary N) is 2. The Bertz CT molecular complexity index is 655. The lowest BCUT2D eigenvalue weighted by molar-refractivity contribution is 0.512. The van der Waals surface area contributed by atoms with Crippen molar-refractivity contribution in [2.24, 2.45) is 0 Å². The average Bonchev–Trinajstić information content (AvgIpc) is 3.12. The largest absolute Gasteiger partial charge is 0.378 e. The fourth-order valence-corrected chi connectivity index (χ4v) is 3.85. The summed E-state index contributed by atoms with van der Waals surface area (Å²) >= 11 is 7.92. The molecule has 3 nitrogen and oxygen atoms in total. The summed E-state index contributed by atoms with van der Waals surface area (Å²) in [6, 6.07) is 11.9. The molecular weight excluding hydrogens is 302 g/mol. The highest BCUT2D eigenvalue weighted by Gasteiger charge is 2.34. The van der Waals surface area contributed by atoms with Gasteiger partial charge < -0.3 is 10.6 Å². The summed E-state index contributed by atoms with van der Waals surface area (Å²) in [4.78, 5) is 1.38. The Kier molecular flexibility index (Phi) is 4.16. The third-order valence-corrected chi connectivity index (χ3v) is 5.02. The predicted molar refractivity (Wildman–Crippen MR) is 88.0 cm³/mol. The molecule has 3 rings (SSSR count). The molecule has 0 amide bonds. The van der Waals surface area contributed by atoms with Crippen LogP contribution in [0.3, 0.4) is 0 Å². The zero-order chi connectivity index (χ0) is 14.7. The van der Waals surface area contributed by atoms with Crippen LogP contribution in [-0.4, -0.2) is 18.6 Å². The van der Waals surface area contributed by atoms with Gasteiger partial charge in [0.25, 0.3) is 0 Å². The van der Waals surface area contributed by atoms with Crippen molar-refractivity contribution in [3.63, 3.8) is 0 Å². The molecule has 0 aliphatic carbocycles. The van der Waals surface area contributed by atoms with Crippen LogP contribution in [0, 0.1) is 11.3 Å².